The lowest BCUT2D eigenvalue weighted by molar-refractivity contribution is 0.223. The summed E-state index contributed by atoms with van der Waals surface area (Å²) < 4.78 is 5.77. The zero-order chi connectivity index (χ0) is 17.4. The van der Waals surface area contributed by atoms with Gasteiger partial charge in [0.1, 0.15) is 12.4 Å². The Kier molecular flexibility index (Phi) is 7.21. The van der Waals surface area contributed by atoms with Gasteiger partial charge in [0.05, 0.1) is 11.9 Å². The highest BCUT2D eigenvalue weighted by Gasteiger charge is 2.01. The normalized spacial score (nSPS) is 11.4. The molecule has 130 valence electrons. The van der Waals surface area contributed by atoms with E-state index in [4.69, 9.17) is 4.74 Å². The highest BCUT2D eigenvalue weighted by Crippen LogP contribution is 2.20. The maximum absolute atomic E-state index is 5.77. The van der Waals surface area contributed by atoms with Crippen molar-refractivity contribution in [3.8, 4) is 5.75 Å². The molecule has 5 nitrogen and oxygen atoms in total. The third-order valence-electron chi connectivity index (χ3n) is 3.85. The second kappa shape index (κ2) is 9.39. The molecule has 1 heterocycles. The first-order chi connectivity index (χ1) is 11.6. The van der Waals surface area contributed by atoms with Gasteiger partial charge >= 0.3 is 0 Å². The minimum atomic E-state index is 0.708. The molecular formula is C18H26N4OS. The Morgan fingerprint density at radius 1 is 1.21 bits per heavy atom. The van der Waals surface area contributed by atoms with E-state index in [-0.39, 0.29) is 0 Å². The number of ether oxygens (including phenoxy) is 1. The quantitative estimate of drug-likeness (QED) is 0.552. The molecule has 6 heteroatoms. The van der Waals surface area contributed by atoms with Crippen molar-refractivity contribution in [3.05, 3.63) is 40.4 Å². The van der Waals surface area contributed by atoms with Gasteiger partial charge in [0.25, 0.3) is 0 Å². The lowest BCUT2D eigenvalue weighted by Gasteiger charge is -2.17. The van der Waals surface area contributed by atoms with Crippen LogP contribution in [0.15, 0.2) is 29.4 Å². The number of thiazole rings is 1. The zero-order valence-electron chi connectivity index (χ0n) is 14.9. The zero-order valence-corrected chi connectivity index (χ0v) is 15.7. The summed E-state index contributed by atoms with van der Waals surface area (Å²) in [5.41, 5.74) is 5.03. The van der Waals surface area contributed by atoms with Gasteiger partial charge in [-0.25, -0.2) is 4.98 Å². The van der Waals surface area contributed by atoms with E-state index >= 15 is 0 Å². The highest BCUT2D eigenvalue weighted by atomic mass is 32.1. The van der Waals surface area contributed by atoms with E-state index < -0.39 is 0 Å². The topological polar surface area (TPSA) is 49.8 Å². The molecule has 0 aliphatic heterocycles. The number of benzene rings is 1. The maximum Gasteiger partial charge on any atom is 0.203 e. The molecule has 1 aromatic carbocycles. The molecule has 2 rings (SSSR count). The Morgan fingerprint density at radius 3 is 2.50 bits per heavy atom. The lowest BCUT2D eigenvalue weighted by Crippen LogP contribution is -2.27. The number of hydrogen-bond acceptors (Lipinski definition) is 6. The summed E-state index contributed by atoms with van der Waals surface area (Å²) in [6.07, 6.45) is 1.78. The molecular weight excluding hydrogens is 320 g/mol. The van der Waals surface area contributed by atoms with Crippen LogP contribution in [0.5, 0.6) is 5.75 Å². The van der Waals surface area contributed by atoms with Gasteiger partial charge in [-0.15, -0.1) is 11.3 Å². The van der Waals surface area contributed by atoms with E-state index in [0.29, 0.717) is 6.61 Å². The van der Waals surface area contributed by atoms with E-state index in [1.807, 2.05) is 31.2 Å². The van der Waals surface area contributed by atoms with Crippen LogP contribution in [0.2, 0.25) is 0 Å². The van der Waals surface area contributed by atoms with Crippen LogP contribution >= 0.6 is 11.3 Å². The van der Waals surface area contributed by atoms with Crippen LogP contribution in [-0.2, 0) is 0 Å². The average molecular weight is 347 g/mol. The van der Waals surface area contributed by atoms with Crippen molar-refractivity contribution >= 4 is 22.7 Å². The van der Waals surface area contributed by atoms with Gasteiger partial charge in [0.15, 0.2) is 0 Å². The van der Waals surface area contributed by atoms with Gasteiger partial charge in [-0.1, -0.05) is 13.8 Å². The van der Waals surface area contributed by atoms with Crippen LogP contribution in [0.25, 0.3) is 0 Å². The van der Waals surface area contributed by atoms with Gasteiger partial charge in [-0.05, 0) is 56.8 Å². The predicted molar refractivity (Wildman–Crippen MR) is 103 cm³/mol. The lowest BCUT2D eigenvalue weighted by atomic mass is 10.2. The summed E-state index contributed by atoms with van der Waals surface area (Å²) >= 11 is 1.61. The summed E-state index contributed by atoms with van der Waals surface area (Å²) in [5.74, 6) is 0.887. The molecule has 0 unspecified atom stereocenters. The highest BCUT2D eigenvalue weighted by molar-refractivity contribution is 7.15. The molecule has 0 saturated carbocycles. The fourth-order valence-electron chi connectivity index (χ4n) is 2.17. The SMILES string of the molecule is CCN(CC)CCOc1ccc(/C=N\Nc2nc(C)c(C)s2)cc1. The Hall–Kier alpha value is -1.92. The second-order valence-corrected chi connectivity index (χ2v) is 6.68. The Bertz CT molecular complexity index is 628. The van der Waals surface area contributed by atoms with Gasteiger partial charge in [-0.2, -0.15) is 5.10 Å². The number of aryl methyl sites for hydroxylation is 2. The van der Waals surface area contributed by atoms with E-state index in [1.54, 1.807) is 17.6 Å². The second-order valence-electron chi connectivity index (χ2n) is 5.47. The summed E-state index contributed by atoms with van der Waals surface area (Å²) in [4.78, 5) is 7.94. The summed E-state index contributed by atoms with van der Waals surface area (Å²) in [6, 6.07) is 7.94. The number of aromatic nitrogens is 1. The Balaban J connectivity index is 1.80. The number of rotatable bonds is 9. The fraction of sp³-hybridized carbons (Fsp3) is 0.444. The maximum atomic E-state index is 5.77. The molecule has 0 fully saturated rings. The molecule has 24 heavy (non-hydrogen) atoms. The molecule has 0 atom stereocenters. The van der Waals surface area contributed by atoms with Crippen LogP contribution in [0.3, 0.4) is 0 Å². The molecule has 2 aromatic rings. The smallest absolute Gasteiger partial charge is 0.203 e. The third kappa shape index (κ3) is 5.62. The molecule has 0 saturated heterocycles. The predicted octanol–water partition coefficient (Wildman–Crippen LogP) is 3.93. The first-order valence-electron chi connectivity index (χ1n) is 8.30. The summed E-state index contributed by atoms with van der Waals surface area (Å²) in [7, 11) is 0. The molecule has 0 amide bonds. The standard InChI is InChI=1S/C18H26N4OS/c1-5-22(6-2)11-12-23-17-9-7-16(8-10-17)13-19-21-18-20-14(3)15(4)24-18/h7-10,13H,5-6,11-12H2,1-4H3,(H,20,21)/b19-13-. The van der Waals surface area contributed by atoms with E-state index in [2.05, 4.69) is 41.2 Å². The van der Waals surface area contributed by atoms with Crippen molar-refractivity contribution < 1.29 is 4.74 Å². The minimum Gasteiger partial charge on any atom is -0.492 e. The molecule has 0 aliphatic rings. The molecule has 1 aromatic heterocycles. The van der Waals surface area contributed by atoms with Crippen LogP contribution in [-0.4, -0.2) is 42.3 Å². The average Bonchev–Trinajstić information content (AvgIpc) is 2.91. The summed E-state index contributed by atoms with van der Waals surface area (Å²) in [6.45, 7) is 12.2. The molecule has 1 N–H and O–H groups in total. The van der Waals surface area contributed by atoms with Gasteiger partial charge in [0, 0.05) is 11.4 Å². The largest absolute Gasteiger partial charge is 0.492 e. The Labute approximate surface area is 148 Å². The van der Waals surface area contributed by atoms with E-state index in [1.165, 1.54) is 4.88 Å². The van der Waals surface area contributed by atoms with E-state index in [0.717, 1.165) is 41.8 Å². The monoisotopic (exact) mass is 346 g/mol. The minimum absolute atomic E-state index is 0.708. The number of likely N-dealkylation sites (N-methyl/N-ethyl adjacent to an activating group) is 1. The van der Waals surface area contributed by atoms with Crippen LogP contribution < -0.4 is 10.2 Å². The Morgan fingerprint density at radius 2 is 1.92 bits per heavy atom. The molecule has 0 radical (unpaired) electrons. The van der Waals surface area contributed by atoms with Crippen LogP contribution in [0.1, 0.15) is 30.0 Å². The first kappa shape index (κ1) is 18.4. The molecule has 0 spiro atoms. The van der Waals surface area contributed by atoms with Crippen molar-refractivity contribution in [2.24, 2.45) is 5.10 Å². The number of hydrogen-bond donors (Lipinski definition) is 1. The van der Waals surface area contributed by atoms with Crippen molar-refractivity contribution in [1.82, 2.24) is 9.88 Å². The van der Waals surface area contributed by atoms with Crippen LogP contribution in [0, 0.1) is 13.8 Å². The van der Waals surface area contributed by atoms with Crippen molar-refractivity contribution in [3.63, 3.8) is 0 Å². The number of hydrazone groups is 1. The van der Waals surface area contributed by atoms with Gasteiger partial charge < -0.3 is 9.64 Å². The van der Waals surface area contributed by atoms with Crippen LogP contribution in [0.4, 0.5) is 5.13 Å². The summed E-state index contributed by atoms with van der Waals surface area (Å²) in [5, 5.41) is 5.05. The fourth-order valence-corrected chi connectivity index (χ4v) is 2.93. The van der Waals surface area contributed by atoms with Gasteiger partial charge in [0.2, 0.25) is 5.13 Å². The number of nitrogens with zero attached hydrogens (tertiary/aromatic N) is 3. The van der Waals surface area contributed by atoms with E-state index in [9.17, 15) is 0 Å². The van der Waals surface area contributed by atoms with Gasteiger partial charge in [-0.3, -0.25) is 5.43 Å². The molecule has 0 bridgehead atoms. The third-order valence-corrected chi connectivity index (χ3v) is 4.83. The van der Waals surface area contributed by atoms with Crippen molar-refractivity contribution in [1.29, 1.82) is 0 Å². The number of anilines is 1. The number of nitrogens with one attached hydrogen (secondary N) is 1. The van der Waals surface area contributed by atoms with Crippen molar-refractivity contribution in [2.75, 3.05) is 31.7 Å². The first-order valence-corrected chi connectivity index (χ1v) is 9.12. The van der Waals surface area contributed by atoms with Crippen molar-refractivity contribution in [2.45, 2.75) is 27.7 Å². The molecule has 0 aliphatic carbocycles.